The molecule has 0 aromatic rings. The van der Waals surface area contributed by atoms with E-state index < -0.39 is 0 Å². The first-order valence-corrected chi connectivity index (χ1v) is 8.48. The summed E-state index contributed by atoms with van der Waals surface area (Å²) >= 11 is 0. The normalized spacial score (nSPS) is 25.2. The van der Waals surface area contributed by atoms with Gasteiger partial charge in [-0.2, -0.15) is 5.10 Å². The number of hydrogen-bond acceptors (Lipinski definition) is 3. The van der Waals surface area contributed by atoms with Gasteiger partial charge in [-0.25, -0.2) is 0 Å². The Morgan fingerprint density at radius 1 is 1.15 bits per heavy atom. The van der Waals surface area contributed by atoms with Crippen LogP contribution < -0.4 is 5.43 Å². The summed E-state index contributed by atoms with van der Waals surface area (Å²) < 4.78 is 0. The second-order valence-electron chi connectivity index (χ2n) is 6.15. The lowest BCUT2D eigenvalue weighted by molar-refractivity contribution is 0.179. The summed E-state index contributed by atoms with van der Waals surface area (Å²) in [4.78, 5) is 2.73. The van der Waals surface area contributed by atoms with Crippen molar-refractivity contribution < 1.29 is 0 Å². The van der Waals surface area contributed by atoms with Gasteiger partial charge in [-0.1, -0.05) is 19.4 Å². The lowest BCUT2D eigenvalue weighted by Crippen LogP contribution is -2.39. The lowest BCUT2D eigenvalue weighted by atomic mass is 9.78. The van der Waals surface area contributed by atoms with Gasteiger partial charge in [0.25, 0.3) is 0 Å². The van der Waals surface area contributed by atoms with Crippen LogP contribution in [0.5, 0.6) is 0 Å². The van der Waals surface area contributed by atoms with E-state index in [2.05, 4.69) is 29.3 Å². The van der Waals surface area contributed by atoms with E-state index >= 15 is 0 Å². The third kappa shape index (κ3) is 3.63. The maximum absolute atomic E-state index is 4.51. The predicted octanol–water partition coefficient (Wildman–Crippen LogP) is 3.72. The molecule has 0 aromatic carbocycles. The molecule has 2 rings (SSSR count). The molecular formula is C17H31N3. The van der Waals surface area contributed by atoms with Gasteiger partial charge in [0, 0.05) is 13.1 Å². The summed E-state index contributed by atoms with van der Waals surface area (Å²) in [7, 11) is 1.91. The molecule has 2 aliphatic rings. The average molecular weight is 277 g/mol. The summed E-state index contributed by atoms with van der Waals surface area (Å²) in [6.07, 6.45) is 10.2. The molecule has 0 saturated heterocycles. The molecule has 0 radical (unpaired) electrons. The third-order valence-corrected chi connectivity index (χ3v) is 4.66. The monoisotopic (exact) mass is 277 g/mol. The summed E-state index contributed by atoms with van der Waals surface area (Å²) in [6.45, 7) is 7.13. The Morgan fingerprint density at radius 2 is 1.90 bits per heavy atom. The number of rotatable bonds is 6. The van der Waals surface area contributed by atoms with Gasteiger partial charge in [-0.3, -0.25) is 0 Å². The van der Waals surface area contributed by atoms with E-state index in [1.165, 1.54) is 63.7 Å². The number of hydrazone groups is 1. The lowest BCUT2D eigenvalue weighted by Gasteiger charge is -2.37. The third-order valence-electron chi connectivity index (χ3n) is 4.66. The molecule has 0 spiro atoms. The van der Waals surface area contributed by atoms with E-state index in [0.717, 1.165) is 12.5 Å². The Hall–Kier alpha value is -0.830. The Balaban J connectivity index is 2.08. The van der Waals surface area contributed by atoms with Gasteiger partial charge in [-0.05, 0) is 70.0 Å². The van der Waals surface area contributed by atoms with Crippen molar-refractivity contribution in [1.82, 2.24) is 10.3 Å². The van der Waals surface area contributed by atoms with Crippen molar-refractivity contribution in [2.24, 2.45) is 5.10 Å². The molecule has 3 nitrogen and oxygen atoms in total. The topological polar surface area (TPSA) is 27.6 Å². The summed E-state index contributed by atoms with van der Waals surface area (Å²) in [5.74, 6) is 0. The fourth-order valence-electron chi connectivity index (χ4n) is 3.84. The highest BCUT2D eigenvalue weighted by Crippen LogP contribution is 2.36. The van der Waals surface area contributed by atoms with Gasteiger partial charge in [0.05, 0.1) is 5.71 Å². The number of allylic oxidation sites excluding steroid dienone is 1. The maximum atomic E-state index is 4.51. The molecule has 114 valence electrons. The highest BCUT2D eigenvalue weighted by molar-refractivity contribution is 6.01. The van der Waals surface area contributed by atoms with Gasteiger partial charge in [0.15, 0.2) is 0 Å². The minimum absolute atomic E-state index is 0.780. The predicted molar refractivity (Wildman–Crippen MR) is 87.2 cm³/mol. The van der Waals surface area contributed by atoms with E-state index in [0.29, 0.717) is 0 Å². The zero-order valence-corrected chi connectivity index (χ0v) is 13.5. The molecule has 0 saturated carbocycles. The molecular weight excluding hydrogens is 246 g/mol. The standard InChI is InChI=1S/C17H31N3/c1-4-11-20(12-5-2)15-9-10-16-14(13-15)7-6-8-17(16)19-18-3/h15,18H,4-13H2,1-3H3. The number of nitrogens with zero attached hydrogens (tertiary/aromatic N) is 2. The Labute approximate surface area is 124 Å². The second-order valence-corrected chi connectivity index (χ2v) is 6.15. The minimum Gasteiger partial charge on any atom is -0.313 e. The molecule has 3 heteroatoms. The zero-order valence-electron chi connectivity index (χ0n) is 13.5. The molecule has 2 aliphatic carbocycles. The number of hydrogen-bond donors (Lipinski definition) is 1. The molecule has 0 aromatic heterocycles. The smallest absolute Gasteiger partial charge is 0.0634 e. The Morgan fingerprint density at radius 3 is 2.55 bits per heavy atom. The molecule has 0 bridgehead atoms. The van der Waals surface area contributed by atoms with Crippen LogP contribution in [0.1, 0.15) is 65.2 Å². The van der Waals surface area contributed by atoms with Crippen LogP contribution in [-0.2, 0) is 0 Å². The summed E-state index contributed by atoms with van der Waals surface area (Å²) in [5, 5.41) is 4.51. The first kappa shape index (κ1) is 15.6. The van der Waals surface area contributed by atoms with E-state index in [9.17, 15) is 0 Å². The van der Waals surface area contributed by atoms with Crippen molar-refractivity contribution >= 4 is 5.71 Å². The Kier molecular flexibility index (Phi) is 6.08. The van der Waals surface area contributed by atoms with Crippen molar-refractivity contribution in [1.29, 1.82) is 0 Å². The number of nitrogens with one attached hydrogen (secondary N) is 1. The fourth-order valence-corrected chi connectivity index (χ4v) is 3.84. The minimum atomic E-state index is 0.780. The Bertz CT molecular complexity index is 364. The van der Waals surface area contributed by atoms with Gasteiger partial charge >= 0.3 is 0 Å². The van der Waals surface area contributed by atoms with Crippen LogP contribution in [0.15, 0.2) is 16.2 Å². The van der Waals surface area contributed by atoms with E-state index in [4.69, 9.17) is 0 Å². The molecule has 20 heavy (non-hydrogen) atoms. The van der Waals surface area contributed by atoms with E-state index in [1.54, 1.807) is 11.1 Å². The van der Waals surface area contributed by atoms with Crippen molar-refractivity contribution in [2.45, 2.75) is 71.3 Å². The van der Waals surface area contributed by atoms with Crippen LogP contribution in [0, 0.1) is 0 Å². The molecule has 0 heterocycles. The molecule has 1 N–H and O–H groups in total. The SMILES string of the molecule is CCCN(CCC)C1CCC2=C(CCCC2=NNC)C1. The van der Waals surface area contributed by atoms with Crippen LogP contribution in [0.3, 0.4) is 0 Å². The second kappa shape index (κ2) is 7.82. The quantitative estimate of drug-likeness (QED) is 0.749. The van der Waals surface area contributed by atoms with Crippen LogP contribution in [0.25, 0.3) is 0 Å². The van der Waals surface area contributed by atoms with Crippen LogP contribution >= 0.6 is 0 Å². The molecule has 0 fully saturated rings. The zero-order chi connectivity index (χ0) is 14.4. The van der Waals surface area contributed by atoms with Gasteiger partial charge < -0.3 is 10.3 Å². The highest BCUT2D eigenvalue weighted by atomic mass is 15.3. The first-order chi connectivity index (χ1) is 9.80. The van der Waals surface area contributed by atoms with Crippen molar-refractivity contribution in [3.63, 3.8) is 0 Å². The van der Waals surface area contributed by atoms with Gasteiger partial charge in [0.1, 0.15) is 0 Å². The maximum Gasteiger partial charge on any atom is 0.0634 e. The van der Waals surface area contributed by atoms with E-state index in [1.807, 2.05) is 7.05 Å². The van der Waals surface area contributed by atoms with Crippen molar-refractivity contribution in [3.8, 4) is 0 Å². The van der Waals surface area contributed by atoms with Crippen LogP contribution in [0.4, 0.5) is 0 Å². The largest absolute Gasteiger partial charge is 0.313 e. The van der Waals surface area contributed by atoms with Crippen LogP contribution in [0.2, 0.25) is 0 Å². The van der Waals surface area contributed by atoms with Crippen LogP contribution in [-0.4, -0.2) is 36.8 Å². The highest BCUT2D eigenvalue weighted by Gasteiger charge is 2.28. The van der Waals surface area contributed by atoms with Gasteiger partial charge in [-0.15, -0.1) is 0 Å². The van der Waals surface area contributed by atoms with Crippen molar-refractivity contribution in [2.75, 3.05) is 20.1 Å². The average Bonchev–Trinajstić information content (AvgIpc) is 2.47. The molecule has 0 amide bonds. The molecule has 1 atom stereocenters. The van der Waals surface area contributed by atoms with E-state index in [-0.39, 0.29) is 0 Å². The first-order valence-electron chi connectivity index (χ1n) is 8.48. The summed E-state index contributed by atoms with van der Waals surface area (Å²) in [6, 6.07) is 0.780. The molecule has 1 unspecified atom stereocenters. The summed E-state index contributed by atoms with van der Waals surface area (Å²) in [5.41, 5.74) is 7.63. The van der Waals surface area contributed by atoms with Crippen molar-refractivity contribution in [3.05, 3.63) is 11.1 Å². The van der Waals surface area contributed by atoms with Gasteiger partial charge in [0.2, 0.25) is 0 Å². The molecule has 0 aliphatic heterocycles. The fraction of sp³-hybridized carbons (Fsp3) is 0.824.